The first-order valence-corrected chi connectivity index (χ1v) is 15.3. The van der Waals surface area contributed by atoms with Gasteiger partial charge in [0, 0.05) is 36.3 Å². The van der Waals surface area contributed by atoms with Gasteiger partial charge < -0.3 is 8.83 Å². The quantitative estimate of drug-likeness (QED) is 0.195. The minimum absolute atomic E-state index is 0.793. The second-order valence-electron chi connectivity index (χ2n) is 11.2. The van der Waals surface area contributed by atoms with Gasteiger partial charge in [0.25, 0.3) is 0 Å². The Morgan fingerprint density at radius 3 is 1.95 bits per heavy atom. The molecule has 3 heterocycles. The third-order valence-corrected chi connectivity index (χ3v) is 10.1. The van der Waals surface area contributed by atoms with Crippen molar-refractivity contribution in [2.75, 3.05) is 0 Å². The average Bonchev–Trinajstić information content (AvgIpc) is 3.78. The molecular formula is C40H22O2S. The van der Waals surface area contributed by atoms with Crippen molar-refractivity contribution in [3.05, 3.63) is 134 Å². The molecule has 0 atom stereocenters. The molecular weight excluding hydrogens is 545 g/mol. The van der Waals surface area contributed by atoms with Gasteiger partial charge in [0.05, 0.1) is 6.26 Å². The largest absolute Gasteiger partial charge is 0.460 e. The van der Waals surface area contributed by atoms with Crippen molar-refractivity contribution in [2.45, 2.75) is 0 Å². The Hall–Kier alpha value is -5.38. The van der Waals surface area contributed by atoms with Gasteiger partial charge in [-0.1, -0.05) is 91.0 Å². The van der Waals surface area contributed by atoms with Crippen molar-refractivity contribution in [3.8, 4) is 22.3 Å². The highest BCUT2D eigenvalue weighted by Gasteiger charge is 2.21. The summed E-state index contributed by atoms with van der Waals surface area (Å²) in [5.41, 5.74) is 7.36. The second-order valence-corrected chi connectivity index (χ2v) is 12.3. The van der Waals surface area contributed by atoms with Crippen LogP contribution in [-0.2, 0) is 0 Å². The third-order valence-electron chi connectivity index (χ3n) is 8.95. The lowest BCUT2D eigenvalue weighted by Crippen LogP contribution is -1.91. The highest BCUT2D eigenvalue weighted by Crippen LogP contribution is 2.48. The number of hydrogen-bond acceptors (Lipinski definition) is 3. The lowest BCUT2D eigenvalue weighted by atomic mass is 9.84. The Morgan fingerprint density at radius 2 is 1.16 bits per heavy atom. The molecule has 10 rings (SSSR count). The molecule has 0 aliphatic heterocycles. The summed E-state index contributed by atoms with van der Waals surface area (Å²) in [6.07, 6.45) is 1.73. The van der Waals surface area contributed by atoms with Gasteiger partial charge in [0.15, 0.2) is 11.2 Å². The number of furan rings is 2. The summed E-state index contributed by atoms with van der Waals surface area (Å²) in [6.45, 7) is 0. The number of rotatable bonds is 2. The summed E-state index contributed by atoms with van der Waals surface area (Å²) in [5.74, 6) is 0. The third kappa shape index (κ3) is 3.17. The van der Waals surface area contributed by atoms with E-state index >= 15 is 0 Å². The van der Waals surface area contributed by atoms with Gasteiger partial charge in [0.2, 0.25) is 0 Å². The van der Waals surface area contributed by atoms with Crippen molar-refractivity contribution in [1.29, 1.82) is 0 Å². The van der Waals surface area contributed by atoms with Crippen LogP contribution in [0.4, 0.5) is 0 Å². The molecule has 0 saturated carbocycles. The first-order valence-electron chi connectivity index (χ1n) is 14.5. The number of fused-ring (bicyclic) bond motifs is 10. The van der Waals surface area contributed by atoms with Crippen molar-refractivity contribution in [1.82, 2.24) is 0 Å². The van der Waals surface area contributed by atoms with E-state index in [9.17, 15) is 0 Å². The molecule has 2 nitrogen and oxygen atoms in total. The van der Waals surface area contributed by atoms with Gasteiger partial charge in [-0.15, -0.1) is 11.3 Å². The molecule has 3 aromatic heterocycles. The highest BCUT2D eigenvalue weighted by molar-refractivity contribution is 7.25. The smallest absolute Gasteiger partial charge is 0.178 e. The van der Waals surface area contributed by atoms with Gasteiger partial charge in [-0.05, 0) is 80.2 Å². The van der Waals surface area contributed by atoms with Crippen molar-refractivity contribution >= 4 is 86.0 Å². The summed E-state index contributed by atoms with van der Waals surface area (Å²) < 4.78 is 15.0. The zero-order chi connectivity index (χ0) is 28.1. The average molecular weight is 567 g/mol. The van der Waals surface area contributed by atoms with E-state index in [2.05, 4.69) is 121 Å². The summed E-state index contributed by atoms with van der Waals surface area (Å²) in [4.78, 5) is 0. The first kappa shape index (κ1) is 23.2. The molecule has 0 fully saturated rings. The van der Waals surface area contributed by atoms with E-state index in [-0.39, 0.29) is 0 Å². The van der Waals surface area contributed by atoms with Gasteiger partial charge in [-0.2, -0.15) is 0 Å². The molecule has 0 saturated heterocycles. The number of hydrogen-bond donors (Lipinski definition) is 0. The van der Waals surface area contributed by atoms with Crippen LogP contribution in [0.3, 0.4) is 0 Å². The molecule has 0 amide bonds. The molecule has 0 N–H and O–H groups in total. The van der Waals surface area contributed by atoms with Gasteiger partial charge in [-0.25, -0.2) is 0 Å². The lowest BCUT2D eigenvalue weighted by Gasteiger charge is -2.18. The molecule has 0 radical (unpaired) electrons. The van der Waals surface area contributed by atoms with Crippen LogP contribution in [0.1, 0.15) is 0 Å². The predicted molar refractivity (Wildman–Crippen MR) is 182 cm³/mol. The molecule has 0 unspecified atom stereocenters. The first-order chi connectivity index (χ1) is 21.3. The van der Waals surface area contributed by atoms with E-state index in [1.54, 1.807) is 6.26 Å². The summed E-state index contributed by atoms with van der Waals surface area (Å²) >= 11 is 1.86. The molecule has 3 heteroatoms. The Morgan fingerprint density at radius 1 is 0.465 bits per heavy atom. The van der Waals surface area contributed by atoms with Gasteiger partial charge in [0.1, 0.15) is 5.58 Å². The van der Waals surface area contributed by atoms with E-state index < -0.39 is 0 Å². The minimum atomic E-state index is 0.793. The predicted octanol–water partition coefficient (Wildman–Crippen LogP) is 12.3. The lowest BCUT2D eigenvalue weighted by molar-refractivity contribution is 0.600. The van der Waals surface area contributed by atoms with Crippen LogP contribution in [0.25, 0.3) is 96.9 Å². The SMILES string of the molecule is c1cc(-c2c3ccccc3c(-c3ccc4sc5ccccc5c4c3)c3ccccc23)c2c(c1)oc1c2ccc2ccoc21. The van der Waals surface area contributed by atoms with E-state index in [0.717, 1.165) is 32.9 Å². The standard InChI is InChI=1S/C40H22O2S/c1-3-11-28-26(9-1)36(24-17-19-35-32(22-24)25-8-5-6-15-34(25)43-35)27-10-2-4-12-29(27)37(28)30-13-7-14-33-38(30)31-18-16-23-20-21-41-39(23)40(31)42-33/h1-22H. The van der Waals surface area contributed by atoms with E-state index in [4.69, 9.17) is 8.83 Å². The van der Waals surface area contributed by atoms with Crippen molar-refractivity contribution in [2.24, 2.45) is 0 Å². The number of benzene rings is 7. The molecule has 10 aromatic rings. The summed E-state index contributed by atoms with van der Waals surface area (Å²) in [5, 5.41) is 10.8. The van der Waals surface area contributed by atoms with Gasteiger partial charge in [-0.3, -0.25) is 0 Å². The fourth-order valence-corrected chi connectivity index (χ4v) is 8.21. The van der Waals surface area contributed by atoms with E-state index in [0.29, 0.717) is 0 Å². The Balaban J connectivity index is 1.34. The molecule has 0 aliphatic rings. The maximum Gasteiger partial charge on any atom is 0.178 e. The molecule has 43 heavy (non-hydrogen) atoms. The van der Waals surface area contributed by atoms with Crippen LogP contribution < -0.4 is 0 Å². The minimum Gasteiger partial charge on any atom is -0.460 e. The van der Waals surface area contributed by atoms with Crippen LogP contribution >= 0.6 is 11.3 Å². The molecule has 7 aromatic carbocycles. The fraction of sp³-hybridized carbons (Fsp3) is 0. The maximum absolute atomic E-state index is 6.48. The van der Waals surface area contributed by atoms with Crippen LogP contribution in [0, 0.1) is 0 Å². The molecule has 0 aliphatic carbocycles. The Bertz CT molecular complexity index is 2680. The van der Waals surface area contributed by atoms with Crippen LogP contribution in [0.5, 0.6) is 0 Å². The molecule has 200 valence electrons. The fourth-order valence-electron chi connectivity index (χ4n) is 7.13. The van der Waals surface area contributed by atoms with Crippen LogP contribution in [0.2, 0.25) is 0 Å². The zero-order valence-corrected chi connectivity index (χ0v) is 23.7. The van der Waals surface area contributed by atoms with Gasteiger partial charge >= 0.3 is 0 Å². The van der Waals surface area contributed by atoms with Crippen LogP contribution in [-0.4, -0.2) is 0 Å². The maximum atomic E-state index is 6.48. The summed E-state index contributed by atoms with van der Waals surface area (Å²) in [7, 11) is 0. The second kappa shape index (κ2) is 8.57. The van der Waals surface area contributed by atoms with E-state index in [1.165, 1.54) is 64.0 Å². The van der Waals surface area contributed by atoms with Crippen LogP contribution in [0.15, 0.2) is 142 Å². The van der Waals surface area contributed by atoms with Crippen molar-refractivity contribution < 1.29 is 8.83 Å². The topological polar surface area (TPSA) is 26.3 Å². The zero-order valence-electron chi connectivity index (χ0n) is 22.9. The Kier molecular flexibility index (Phi) is 4.63. The normalized spacial score (nSPS) is 12.2. The van der Waals surface area contributed by atoms with E-state index in [1.807, 2.05) is 17.4 Å². The molecule has 0 spiro atoms. The highest BCUT2D eigenvalue weighted by atomic mass is 32.1. The number of thiophene rings is 1. The Labute approximate surface area is 250 Å². The monoisotopic (exact) mass is 566 g/mol. The van der Waals surface area contributed by atoms with Crippen molar-refractivity contribution in [3.63, 3.8) is 0 Å². The molecule has 0 bridgehead atoms. The summed E-state index contributed by atoms with van der Waals surface area (Å²) in [6, 6.07) is 46.1.